The summed E-state index contributed by atoms with van der Waals surface area (Å²) in [5.74, 6) is -0.260. The Bertz CT molecular complexity index is 712. The lowest BCUT2D eigenvalue weighted by molar-refractivity contribution is -0.143. The van der Waals surface area contributed by atoms with Crippen molar-refractivity contribution in [3.05, 3.63) is 60.1 Å². The Labute approximate surface area is 152 Å². The summed E-state index contributed by atoms with van der Waals surface area (Å²) in [5, 5.41) is 3.01. The van der Waals surface area contributed by atoms with Gasteiger partial charge in [0.15, 0.2) is 6.04 Å². The third-order valence-electron chi connectivity index (χ3n) is 3.78. The first-order valence-corrected chi connectivity index (χ1v) is 8.37. The van der Waals surface area contributed by atoms with Crippen molar-refractivity contribution in [2.24, 2.45) is 5.92 Å². The second-order valence-corrected chi connectivity index (χ2v) is 6.21. The van der Waals surface area contributed by atoms with Gasteiger partial charge in [-0.25, -0.2) is 4.79 Å². The minimum absolute atomic E-state index is 0.0395. The Morgan fingerprint density at radius 2 is 1.92 bits per heavy atom. The fourth-order valence-corrected chi connectivity index (χ4v) is 2.87. The summed E-state index contributed by atoms with van der Waals surface area (Å²) in [5.41, 5.74) is 1.07. The smallest absolute Gasteiger partial charge is 0.336 e. The van der Waals surface area contributed by atoms with Crippen LogP contribution in [-0.4, -0.2) is 23.9 Å². The van der Waals surface area contributed by atoms with E-state index in [2.05, 4.69) is 5.32 Å². The third-order valence-corrected chi connectivity index (χ3v) is 4.23. The maximum atomic E-state index is 12.1. The number of carbonyl (C=O) groups is 2. The lowest BCUT2D eigenvalue weighted by Crippen LogP contribution is -2.38. The fraction of sp³-hybridized carbons (Fsp3) is 0.316. The monoisotopic (exact) mass is 359 g/mol. The van der Waals surface area contributed by atoms with Crippen molar-refractivity contribution in [3.63, 3.8) is 0 Å². The summed E-state index contributed by atoms with van der Waals surface area (Å²) in [6, 6.07) is 12.3. The van der Waals surface area contributed by atoms with E-state index in [-0.39, 0.29) is 11.7 Å². The molecule has 0 saturated heterocycles. The van der Waals surface area contributed by atoms with Crippen LogP contribution in [0.15, 0.2) is 53.1 Å². The summed E-state index contributed by atoms with van der Waals surface area (Å²) < 4.78 is 10.1. The number of methoxy groups -OCH3 is 1. The van der Waals surface area contributed by atoms with Crippen LogP contribution in [0, 0.1) is 5.92 Å². The van der Waals surface area contributed by atoms with Gasteiger partial charge in [0.05, 0.1) is 18.4 Å². The van der Waals surface area contributed by atoms with E-state index in [9.17, 15) is 9.59 Å². The molecule has 25 heavy (non-hydrogen) atoms. The number of esters is 1. The van der Waals surface area contributed by atoms with E-state index < -0.39 is 12.0 Å². The van der Waals surface area contributed by atoms with Gasteiger partial charge in [-0.05, 0) is 31.0 Å². The molecule has 6 heteroatoms. The molecular weight excluding hydrogens is 338 g/mol. The summed E-state index contributed by atoms with van der Waals surface area (Å²) in [7, 11) is 1.31. The van der Waals surface area contributed by atoms with Crippen molar-refractivity contribution in [2.75, 3.05) is 7.11 Å². The standard InChI is InChI=1S/C19H21NO4S/c1-13(21)11-15(12-14-7-4-3-5-8-14)18(25)20-17(19(22)23-2)16-9-6-10-24-16/h3-10,15,17H,11-12H2,1-2H3,(H,20,25). The van der Waals surface area contributed by atoms with Crippen LogP contribution in [0.5, 0.6) is 0 Å². The van der Waals surface area contributed by atoms with Gasteiger partial charge in [0, 0.05) is 12.3 Å². The Morgan fingerprint density at radius 1 is 1.20 bits per heavy atom. The number of benzene rings is 1. The van der Waals surface area contributed by atoms with Crippen molar-refractivity contribution < 1.29 is 18.7 Å². The molecule has 0 amide bonds. The highest BCUT2D eigenvalue weighted by Gasteiger charge is 2.28. The molecule has 0 aliphatic carbocycles. The normalized spacial score (nSPS) is 12.9. The van der Waals surface area contributed by atoms with Gasteiger partial charge in [-0.15, -0.1) is 0 Å². The van der Waals surface area contributed by atoms with Gasteiger partial charge in [0.2, 0.25) is 0 Å². The van der Waals surface area contributed by atoms with Crippen LogP contribution < -0.4 is 5.32 Å². The number of carbonyl (C=O) groups excluding carboxylic acids is 2. The van der Waals surface area contributed by atoms with Gasteiger partial charge in [-0.2, -0.15) is 0 Å². The van der Waals surface area contributed by atoms with Crippen molar-refractivity contribution in [3.8, 4) is 0 Å². The highest BCUT2D eigenvalue weighted by Crippen LogP contribution is 2.20. The molecule has 132 valence electrons. The molecule has 0 aliphatic heterocycles. The van der Waals surface area contributed by atoms with Crippen LogP contribution in [0.1, 0.15) is 30.7 Å². The number of nitrogens with one attached hydrogen (secondary N) is 1. The molecule has 2 aromatic rings. The highest BCUT2D eigenvalue weighted by atomic mass is 32.1. The zero-order valence-corrected chi connectivity index (χ0v) is 15.0. The molecule has 1 N–H and O–H groups in total. The van der Waals surface area contributed by atoms with Crippen LogP contribution in [0.4, 0.5) is 0 Å². The van der Waals surface area contributed by atoms with Crippen molar-refractivity contribution in [2.45, 2.75) is 25.8 Å². The number of hydrogen-bond acceptors (Lipinski definition) is 5. The lowest BCUT2D eigenvalue weighted by atomic mass is 9.94. The fourth-order valence-electron chi connectivity index (χ4n) is 2.58. The number of ether oxygens (including phenoxy) is 1. The number of rotatable bonds is 8. The quantitative estimate of drug-likeness (QED) is 0.576. The van der Waals surface area contributed by atoms with E-state index in [0.29, 0.717) is 23.6 Å². The summed E-state index contributed by atoms with van der Waals surface area (Å²) in [6.45, 7) is 1.53. The predicted octanol–water partition coefficient (Wildman–Crippen LogP) is 3.25. The first-order valence-electron chi connectivity index (χ1n) is 7.96. The Kier molecular flexibility index (Phi) is 6.89. The number of furan rings is 1. The maximum Gasteiger partial charge on any atom is 0.336 e. The van der Waals surface area contributed by atoms with Gasteiger partial charge in [-0.1, -0.05) is 42.5 Å². The van der Waals surface area contributed by atoms with E-state index in [1.54, 1.807) is 12.1 Å². The largest absolute Gasteiger partial charge is 0.467 e. The summed E-state index contributed by atoms with van der Waals surface area (Å²) in [6.07, 6.45) is 2.39. The summed E-state index contributed by atoms with van der Waals surface area (Å²) >= 11 is 5.50. The van der Waals surface area contributed by atoms with Crippen LogP contribution in [0.2, 0.25) is 0 Å². The SMILES string of the molecule is COC(=O)C(NC(=S)C(CC(C)=O)Cc1ccccc1)c1ccco1. The minimum atomic E-state index is -0.835. The third kappa shape index (κ3) is 5.53. The Hall–Kier alpha value is -2.47. The zero-order chi connectivity index (χ0) is 18.2. The first-order chi connectivity index (χ1) is 12.0. The maximum absolute atomic E-state index is 12.1. The van der Waals surface area contributed by atoms with E-state index in [4.69, 9.17) is 21.4 Å². The molecule has 1 heterocycles. The van der Waals surface area contributed by atoms with E-state index in [1.807, 2.05) is 30.3 Å². The predicted molar refractivity (Wildman–Crippen MR) is 98.1 cm³/mol. The molecule has 0 fully saturated rings. The average Bonchev–Trinajstić information content (AvgIpc) is 3.13. The molecule has 1 aromatic carbocycles. The van der Waals surface area contributed by atoms with Crippen molar-refractivity contribution in [1.29, 1.82) is 0 Å². The molecule has 0 saturated carbocycles. The number of Topliss-reactive ketones (excluding diaryl/α,β-unsaturated/α-hetero) is 1. The number of hydrogen-bond donors (Lipinski definition) is 1. The molecule has 1 aromatic heterocycles. The zero-order valence-electron chi connectivity index (χ0n) is 14.2. The van der Waals surface area contributed by atoms with Gasteiger partial charge in [0.1, 0.15) is 11.5 Å². The van der Waals surface area contributed by atoms with Crippen molar-refractivity contribution in [1.82, 2.24) is 5.32 Å². The van der Waals surface area contributed by atoms with Gasteiger partial charge >= 0.3 is 5.97 Å². The molecule has 5 nitrogen and oxygen atoms in total. The summed E-state index contributed by atoms with van der Waals surface area (Å²) in [4.78, 5) is 24.2. The number of ketones is 1. The second-order valence-electron chi connectivity index (χ2n) is 5.77. The van der Waals surface area contributed by atoms with Crippen LogP contribution >= 0.6 is 12.2 Å². The molecule has 2 rings (SSSR count). The van der Waals surface area contributed by atoms with Crippen LogP contribution in [-0.2, 0) is 20.7 Å². The second kappa shape index (κ2) is 9.13. The molecular formula is C19H21NO4S. The highest BCUT2D eigenvalue weighted by molar-refractivity contribution is 7.80. The van der Waals surface area contributed by atoms with E-state index in [1.165, 1.54) is 20.3 Å². The van der Waals surface area contributed by atoms with Crippen molar-refractivity contribution >= 4 is 29.0 Å². The Morgan fingerprint density at radius 3 is 2.48 bits per heavy atom. The van der Waals surface area contributed by atoms with Crippen LogP contribution in [0.3, 0.4) is 0 Å². The topological polar surface area (TPSA) is 68.5 Å². The number of thiocarbonyl (C=S) groups is 1. The first kappa shape index (κ1) is 18.9. The van der Waals surface area contributed by atoms with Gasteiger partial charge in [0.25, 0.3) is 0 Å². The van der Waals surface area contributed by atoms with E-state index >= 15 is 0 Å². The molecule has 0 aliphatic rings. The van der Waals surface area contributed by atoms with Gasteiger partial charge in [-0.3, -0.25) is 0 Å². The molecule has 2 atom stereocenters. The molecule has 2 unspecified atom stereocenters. The molecule has 0 spiro atoms. The van der Waals surface area contributed by atoms with E-state index in [0.717, 1.165) is 5.56 Å². The molecule has 0 radical (unpaired) electrons. The molecule has 0 bridgehead atoms. The minimum Gasteiger partial charge on any atom is -0.467 e. The van der Waals surface area contributed by atoms with Crippen LogP contribution in [0.25, 0.3) is 0 Å². The van der Waals surface area contributed by atoms with Gasteiger partial charge < -0.3 is 19.3 Å². The lowest BCUT2D eigenvalue weighted by Gasteiger charge is -2.22. The Balaban J connectivity index is 2.16. The average molecular weight is 359 g/mol.